The highest BCUT2D eigenvalue weighted by atomic mass is 35.5. The van der Waals surface area contributed by atoms with Gasteiger partial charge in [-0.3, -0.25) is 9.36 Å². The summed E-state index contributed by atoms with van der Waals surface area (Å²) in [5, 5.41) is 2.52. The average Bonchev–Trinajstić information content (AvgIpc) is 2.78. The van der Waals surface area contributed by atoms with Crippen LogP contribution < -0.4 is 11.2 Å². The fraction of sp³-hybridized carbons (Fsp3) is 0.0800. The third-order valence-electron chi connectivity index (χ3n) is 5.17. The molecule has 5 nitrogen and oxygen atoms in total. The Morgan fingerprint density at radius 3 is 2.56 bits per heavy atom. The summed E-state index contributed by atoms with van der Waals surface area (Å²) in [6, 6.07) is 21.6. The topological polar surface area (TPSA) is 65.1 Å². The smallest absolute Gasteiger partial charge is 0.336 e. The molecule has 0 saturated heterocycles. The molecular weight excluding hydrogens is 444 g/mol. The number of hydrogen-bond acceptors (Lipinski definition) is 5. The normalized spacial score (nSPS) is 11.3. The number of thioether (sulfide) groups is 1. The van der Waals surface area contributed by atoms with Crippen molar-refractivity contribution in [3.05, 3.63) is 110 Å². The second kappa shape index (κ2) is 8.30. The van der Waals surface area contributed by atoms with Gasteiger partial charge in [0.1, 0.15) is 5.58 Å². The molecule has 32 heavy (non-hydrogen) atoms. The van der Waals surface area contributed by atoms with Gasteiger partial charge in [-0.25, -0.2) is 9.78 Å². The molecule has 0 N–H and O–H groups in total. The zero-order valence-electron chi connectivity index (χ0n) is 17.0. The number of nitrogens with zero attached hydrogens (tertiary/aromatic N) is 2. The van der Waals surface area contributed by atoms with Crippen molar-refractivity contribution in [3.8, 4) is 5.69 Å². The minimum absolute atomic E-state index is 0.159. The lowest BCUT2D eigenvalue weighted by Crippen LogP contribution is -2.21. The molecule has 2 heterocycles. The first-order chi connectivity index (χ1) is 15.5. The van der Waals surface area contributed by atoms with E-state index in [0.29, 0.717) is 38.1 Å². The molecule has 158 valence electrons. The molecule has 5 rings (SSSR count). The Balaban J connectivity index is 1.64. The number of para-hydroxylation sites is 1. The van der Waals surface area contributed by atoms with Crippen molar-refractivity contribution in [2.75, 3.05) is 0 Å². The number of aromatic nitrogens is 2. The lowest BCUT2D eigenvalue weighted by atomic mass is 10.1. The van der Waals surface area contributed by atoms with E-state index in [1.807, 2.05) is 43.3 Å². The zero-order valence-corrected chi connectivity index (χ0v) is 18.6. The molecule has 0 spiro atoms. The van der Waals surface area contributed by atoms with E-state index < -0.39 is 5.63 Å². The van der Waals surface area contributed by atoms with Gasteiger partial charge in [0.25, 0.3) is 5.56 Å². The van der Waals surface area contributed by atoms with Crippen molar-refractivity contribution in [2.24, 2.45) is 0 Å². The van der Waals surface area contributed by atoms with E-state index in [9.17, 15) is 9.59 Å². The lowest BCUT2D eigenvalue weighted by molar-refractivity contribution is 0.559. The van der Waals surface area contributed by atoms with Crippen LogP contribution in [0.3, 0.4) is 0 Å². The van der Waals surface area contributed by atoms with Crippen molar-refractivity contribution in [3.63, 3.8) is 0 Å². The van der Waals surface area contributed by atoms with Crippen LogP contribution in [0, 0.1) is 6.92 Å². The van der Waals surface area contributed by atoms with Crippen LogP contribution in [0.25, 0.3) is 27.6 Å². The first-order valence-electron chi connectivity index (χ1n) is 9.93. The highest BCUT2D eigenvalue weighted by molar-refractivity contribution is 7.98. The maximum atomic E-state index is 13.4. The van der Waals surface area contributed by atoms with E-state index in [1.165, 1.54) is 17.8 Å². The fourth-order valence-electron chi connectivity index (χ4n) is 3.63. The van der Waals surface area contributed by atoms with E-state index in [1.54, 1.807) is 34.9 Å². The van der Waals surface area contributed by atoms with Crippen LogP contribution in [-0.4, -0.2) is 9.55 Å². The van der Waals surface area contributed by atoms with Crippen LogP contribution in [0.2, 0.25) is 5.02 Å². The Morgan fingerprint density at radius 2 is 1.75 bits per heavy atom. The molecule has 0 radical (unpaired) electrons. The molecule has 0 fully saturated rings. The standard InChI is InChI=1S/C25H17ClN2O3S/c1-15-6-11-19-16(13-23(29)31-22(19)12-15)14-32-25-27-21-5-3-2-4-20(21)24(30)28(25)18-9-7-17(26)8-10-18/h2-13H,14H2,1H3. The molecule has 0 atom stereocenters. The SMILES string of the molecule is Cc1ccc2c(CSc3nc4ccccc4c(=O)n3-c3ccc(Cl)cc3)cc(=O)oc2c1. The van der Waals surface area contributed by atoms with E-state index in [-0.39, 0.29) is 5.56 Å². The van der Waals surface area contributed by atoms with Gasteiger partial charge < -0.3 is 4.42 Å². The second-order valence-corrected chi connectivity index (χ2v) is 8.79. The summed E-state index contributed by atoms with van der Waals surface area (Å²) >= 11 is 7.44. The van der Waals surface area contributed by atoms with Gasteiger partial charge in [-0.05, 0) is 60.5 Å². The summed E-state index contributed by atoms with van der Waals surface area (Å²) in [7, 11) is 0. The van der Waals surface area contributed by atoms with E-state index >= 15 is 0 Å². The van der Waals surface area contributed by atoms with Crippen molar-refractivity contribution in [2.45, 2.75) is 17.8 Å². The largest absolute Gasteiger partial charge is 0.423 e. The third kappa shape index (κ3) is 3.83. The van der Waals surface area contributed by atoms with Crippen LogP contribution in [0.1, 0.15) is 11.1 Å². The number of fused-ring (bicyclic) bond motifs is 2. The van der Waals surface area contributed by atoms with Crippen molar-refractivity contribution in [1.29, 1.82) is 0 Å². The Morgan fingerprint density at radius 1 is 0.969 bits per heavy atom. The Hall–Kier alpha value is -3.35. The minimum Gasteiger partial charge on any atom is -0.423 e. The highest BCUT2D eigenvalue weighted by Crippen LogP contribution is 2.28. The molecule has 0 amide bonds. The van der Waals surface area contributed by atoms with Gasteiger partial charge in [-0.15, -0.1) is 0 Å². The molecule has 5 aromatic rings. The van der Waals surface area contributed by atoms with Gasteiger partial charge in [-0.2, -0.15) is 0 Å². The van der Waals surface area contributed by atoms with Crippen LogP contribution in [0.4, 0.5) is 0 Å². The summed E-state index contributed by atoms with van der Waals surface area (Å²) in [5.74, 6) is 0.448. The van der Waals surface area contributed by atoms with Gasteiger partial charge in [0, 0.05) is 22.2 Å². The van der Waals surface area contributed by atoms with Gasteiger partial charge in [0.05, 0.1) is 16.6 Å². The van der Waals surface area contributed by atoms with E-state index in [0.717, 1.165) is 16.5 Å². The lowest BCUT2D eigenvalue weighted by Gasteiger charge is -2.14. The van der Waals surface area contributed by atoms with Gasteiger partial charge in [0.2, 0.25) is 0 Å². The first kappa shape index (κ1) is 20.5. The molecule has 2 aromatic heterocycles. The summed E-state index contributed by atoms with van der Waals surface area (Å²) < 4.78 is 6.95. The number of benzene rings is 3. The monoisotopic (exact) mass is 460 g/mol. The van der Waals surface area contributed by atoms with Crippen LogP contribution >= 0.6 is 23.4 Å². The fourth-order valence-corrected chi connectivity index (χ4v) is 4.76. The third-order valence-corrected chi connectivity index (χ3v) is 6.41. The van der Waals surface area contributed by atoms with Gasteiger partial charge >= 0.3 is 5.63 Å². The first-order valence-corrected chi connectivity index (χ1v) is 11.3. The number of hydrogen-bond donors (Lipinski definition) is 0. The maximum Gasteiger partial charge on any atom is 0.336 e. The quantitative estimate of drug-likeness (QED) is 0.194. The van der Waals surface area contributed by atoms with Gasteiger partial charge in [-0.1, -0.05) is 47.6 Å². The molecule has 0 aliphatic carbocycles. The zero-order chi connectivity index (χ0) is 22.2. The molecular formula is C25H17ClN2O3S. The molecule has 0 bridgehead atoms. The summed E-state index contributed by atoms with van der Waals surface area (Å²) in [4.78, 5) is 30.2. The minimum atomic E-state index is -0.403. The highest BCUT2D eigenvalue weighted by Gasteiger charge is 2.15. The molecule has 3 aromatic carbocycles. The maximum absolute atomic E-state index is 13.4. The predicted molar refractivity (Wildman–Crippen MR) is 129 cm³/mol. The molecule has 0 aliphatic heterocycles. The molecule has 0 unspecified atom stereocenters. The second-order valence-electron chi connectivity index (χ2n) is 7.41. The molecule has 7 heteroatoms. The van der Waals surface area contributed by atoms with Crippen LogP contribution in [0.15, 0.2) is 92.0 Å². The van der Waals surface area contributed by atoms with Crippen molar-refractivity contribution < 1.29 is 4.42 Å². The van der Waals surface area contributed by atoms with E-state index in [4.69, 9.17) is 21.0 Å². The Kier molecular flexibility index (Phi) is 5.33. The molecule has 0 saturated carbocycles. The number of halogens is 1. The van der Waals surface area contributed by atoms with Crippen molar-refractivity contribution in [1.82, 2.24) is 9.55 Å². The van der Waals surface area contributed by atoms with Crippen molar-refractivity contribution >= 4 is 45.2 Å². The average molecular weight is 461 g/mol. The van der Waals surface area contributed by atoms with Crippen LogP contribution in [-0.2, 0) is 5.75 Å². The Bertz CT molecular complexity index is 1590. The summed E-state index contributed by atoms with van der Waals surface area (Å²) in [5.41, 5.74) is 3.12. The molecule has 0 aliphatic rings. The predicted octanol–water partition coefficient (Wildman–Crippen LogP) is 5.75. The summed E-state index contributed by atoms with van der Waals surface area (Å²) in [6.45, 7) is 1.95. The van der Waals surface area contributed by atoms with Gasteiger partial charge in [0.15, 0.2) is 5.16 Å². The van der Waals surface area contributed by atoms with E-state index in [2.05, 4.69) is 0 Å². The summed E-state index contributed by atoms with van der Waals surface area (Å²) in [6.07, 6.45) is 0. The number of rotatable bonds is 4. The Labute approximate surface area is 192 Å². The van der Waals surface area contributed by atoms with Crippen LogP contribution in [0.5, 0.6) is 0 Å². The number of aryl methyl sites for hydroxylation is 1.